The highest BCUT2D eigenvalue weighted by atomic mass is 19.2. The summed E-state index contributed by atoms with van der Waals surface area (Å²) in [5, 5.41) is 10.9. The number of carbonyl (C=O) groups is 1. The second kappa shape index (κ2) is 6.30. The minimum atomic E-state index is -1.15. The Labute approximate surface area is 124 Å². The summed E-state index contributed by atoms with van der Waals surface area (Å²) in [4.78, 5) is 22.3. The highest BCUT2D eigenvalue weighted by Crippen LogP contribution is 2.27. The number of para-hydroxylation sites is 2. The summed E-state index contributed by atoms with van der Waals surface area (Å²) < 4.78 is 31.3. The first-order chi connectivity index (χ1) is 10.4. The lowest BCUT2D eigenvalue weighted by Crippen LogP contribution is -2.24. The molecule has 5 nitrogen and oxygen atoms in total. The van der Waals surface area contributed by atoms with E-state index in [1.54, 1.807) is 0 Å². The molecule has 0 aromatic heterocycles. The van der Waals surface area contributed by atoms with Gasteiger partial charge in [-0.3, -0.25) is 14.9 Å². The molecule has 7 heteroatoms. The molecule has 22 heavy (non-hydrogen) atoms. The molecule has 2 rings (SSSR count). The predicted octanol–water partition coefficient (Wildman–Crippen LogP) is 3.52. The van der Waals surface area contributed by atoms with Gasteiger partial charge in [0.15, 0.2) is 23.5 Å². The number of carbonyl (C=O) groups excluding carboxylic acids is 1. The van der Waals surface area contributed by atoms with E-state index in [4.69, 9.17) is 4.74 Å². The molecule has 0 aliphatic rings. The van der Waals surface area contributed by atoms with Crippen molar-refractivity contribution in [2.75, 3.05) is 0 Å². The minimum Gasteiger partial charge on any atom is -0.475 e. The topological polar surface area (TPSA) is 69.4 Å². The monoisotopic (exact) mass is 307 g/mol. The van der Waals surface area contributed by atoms with E-state index in [1.807, 2.05) is 0 Å². The molecule has 0 fully saturated rings. The van der Waals surface area contributed by atoms with Gasteiger partial charge >= 0.3 is 5.69 Å². The Morgan fingerprint density at radius 3 is 2.50 bits per heavy atom. The smallest absolute Gasteiger partial charge is 0.310 e. The summed E-state index contributed by atoms with van der Waals surface area (Å²) in [7, 11) is 0. The number of rotatable bonds is 5. The predicted molar refractivity (Wildman–Crippen MR) is 73.9 cm³/mol. The highest BCUT2D eigenvalue weighted by molar-refractivity contribution is 5.99. The zero-order chi connectivity index (χ0) is 16.3. The van der Waals surface area contributed by atoms with Crippen molar-refractivity contribution >= 4 is 11.5 Å². The maximum atomic E-state index is 13.1. The third-order valence-corrected chi connectivity index (χ3v) is 2.94. The number of Topliss-reactive ketones (excluding diaryl/α,β-unsaturated/α-hetero) is 1. The van der Waals surface area contributed by atoms with Gasteiger partial charge in [0.1, 0.15) is 0 Å². The van der Waals surface area contributed by atoms with Gasteiger partial charge < -0.3 is 4.74 Å². The van der Waals surface area contributed by atoms with Gasteiger partial charge in [0.2, 0.25) is 5.78 Å². The van der Waals surface area contributed by atoms with E-state index >= 15 is 0 Å². The van der Waals surface area contributed by atoms with E-state index in [1.165, 1.54) is 31.2 Å². The third-order valence-electron chi connectivity index (χ3n) is 2.94. The molecular weight excluding hydrogens is 296 g/mol. The van der Waals surface area contributed by atoms with Crippen molar-refractivity contribution in [3.8, 4) is 5.75 Å². The van der Waals surface area contributed by atoms with Gasteiger partial charge in [-0.2, -0.15) is 0 Å². The maximum Gasteiger partial charge on any atom is 0.310 e. The molecule has 0 heterocycles. The standard InChI is InChI=1S/C15H11F2NO4/c1-9(15(19)10-6-7-11(16)12(17)8-10)22-14-5-3-2-4-13(14)18(20)21/h2-9H,1H3. The Kier molecular flexibility index (Phi) is 4.45. The minimum absolute atomic E-state index is 0.0732. The number of halogens is 2. The van der Waals surface area contributed by atoms with Crippen molar-refractivity contribution < 1.29 is 23.2 Å². The number of hydrogen-bond donors (Lipinski definition) is 0. The van der Waals surface area contributed by atoms with Crippen LogP contribution in [0.15, 0.2) is 42.5 Å². The maximum absolute atomic E-state index is 13.1. The van der Waals surface area contributed by atoms with E-state index in [-0.39, 0.29) is 17.0 Å². The normalized spacial score (nSPS) is 11.8. The van der Waals surface area contributed by atoms with E-state index in [9.17, 15) is 23.7 Å². The van der Waals surface area contributed by atoms with Crippen LogP contribution in [0.2, 0.25) is 0 Å². The zero-order valence-electron chi connectivity index (χ0n) is 11.5. The first kappa shape index (κ1) is 15.6. The zero-order valence-corrected chi connectivity index (χ0v) is 11.5. The van der Waals surface area contributed by atoms with Crippen LogP contribution in [0, 0.1) is 21.7 Å². The van der Waals surface area contributed by atoms with Crippen molar-refractivity contribution in [2.24, 2.45) is 0 Å². The molecule has 0 bridgehead atoms. The van der Waals surface area contributed by atoms with Crippen LogP contribution >= 0.6 is 0 Å². The SMILES string of the molecule is CC(Oc1ccccc1[N+](=O)[O-])C(=O)c1ccc(F)c(F)c1. The molecule has 2 aromatic rings. The fourth-order valence-electron chi connectivity index (χ4n) is 1.84. The van der Waals surface area contributed by atoms with Crippen LogP contribution in [0.25, 0.3) is 0 Å². The fourth-order valence-corrected chi connectivity index (χ4v) is 1.84. The molecule has 0 aliphatic carbocycles. The Morgan fingerprint density at radius 2 is 1.86 bits per heavy atom. The van der Waals surface area contributed by atoms with Crippen LogP contribution in [0.4, 0.5) is 14.5 Å². The van der Waals surface area contributed by atoms with Gasteiger partial charge in [-0.25, -0.2) is 8.78 Å². The molecular formula is C15H11F2NO4. The molecule has 0 amide bonds. The summed E-state index contributed by atoms with van der Waals surface area (Å²) in [5.41, 5.74) is -0.363. The van der Waals surface area contributed by atoms with Crippen molar-refractivity contribution in [3.05, 3.63) is 69.8 Å². The number of ketones is 1. The lowest BCUT2D eigenvalue weighted by molar-refractivity contribution is -0.386. The summed E-state index contributed by atoms with van der Waals surface area (Å²) in [5.74, 6) is -2.90. The first-order valence-electron chi connectivity index (χ1n) is 6.29. The van der Waals surface area contributed by atoms with Crippen molar-refractivity contribution in [1.82, 2.24) is 0 Å². The number of hydrogen-bond acceptors (Lipinski definition) is 4. The Bertz CT molecular complexity index is 733. The number of nitrogens with zero attached hydrogens (tertiary/aromatic N) is 1. The number of ether oxygens (including phenoxy) is 1. The average Bonchev–Trinajstić information content (AvgIpc) is 2.49. The van der Waals surface area contributed by atoms with E-state index in [2.05, 4.69) is 0 Å². The van der Waals surface area contributed by atoms with Crippen molar-refractivity contribution in [2.45, 2.75) is 13.0 Å². The lowest BCUT2D eigenvalue weighted by atomic mass is 10.1. The quantitative estimate of drug-likeness (QED) is 0.481. The van der Waals surface area contributed by atoms with Crippen LogP contribution in [-0.4, -0.2) is 16.8 Å². The molecule has 1 atom stereocenters. The van der Waals surface area contributed by atoms with E-state index in [0.29, 0.717) is 0 Å². The van der Waals surface area contributed by atoms with Gasteiger partial charge in [-0.15, -0.1) is 0 Å². The molecule has 0 saturated heterocycles. The van der Waals surface area contributed by atoms with Gasteiger partial charge in [0, 0.05) is 11.6 Å². The molecule has 1 unspecified atom stereocenters. The van der Waals surface area contributed by atoms with Gasteiger partial charge in [-0.1, -0.05) is 12.1 Å². The Balaban J connectivity index is 2.22. The molecule has 114 valence electrons. The molecule has 0 N–H and O–H groups in total. The average molecular weight is 307 g/mol. The second-order valence-corrected chi connectivity index (χ2v) is 4.48. The van der Waals surface area contributed by atoms with E-state index in [0.717, 1.165) is 18.2 Å². The fraction of sp³-hybridized carbons (Fsp3) is 0.133. The number of nitro benzene ring substituents is 1. The molecule has 2 aromatic carbocycles. The van der Waals surface area contributed by atoms with Crippen LogP contribution in [-0.2, 0) is 0 Å². The summed E-state index contributed by atoms with van der Waals surface area (Å²) >= 11 is 0. The first-order valence-corrected chi connectivity index (χ1v) is 6.29. The number of benzene rings is 2. The summed E-state index contributed by atoms with van der Waals surface area (Å²) in [6, 6.07) is 8.30. The van der Waals surface area contributed by atoms with Gasteiger partial charge in [0.25, 0.3) is 0 Å². The number of nitro groups is 1. The summed E-state index contributed by atoms with van der Waals surface area (Å²) in [6.07, 6.45) is -1.09. The lowest BCUT2D eigenvalue weighted by Gasteiger charge is -2.13. The third kappa shape index (κ3) is 3.25. The Hall–Kier alpha value is -2.83. The van der Waals surface area contributed by atoms with Crippen LogP contribution in [0.3, 0.4) is 0 Å². The molecule has 0 saturated carbocycles. The Morgan fingerprint density at radius 1 is 1.18 bits per heavy atom. The molecule has 0 radical (unpaired) electrons. The van der Waals surface area contributed by atoms with Crippen LogP contribution < -0.4 is 4.74 Å². The van der Waals surface area contributed by atoms with E-state index < -0.39 is 28.4 Å². The summed E-state index contributed by atoms with van der Waals surface area (Å²) in [6.45, 7) is 1.38. The highest BCUT2D eigenvalue weighted by Gasteiger charge is 2.22. The van der Waals surface area contributed by atoms with Crippen molar-refractivity contribution in [1.29, 1.82) is 0 Å². The molecule has 0 spiro atoms. The van der Waals surface area contributed by atoms with Gasteiger partial charge in [0.05, 0.1) is 4.92 Å². The molecule has 0 aliphatic heterocycles. The van der Waals surface area contributed by atoms with Crippen LogP contribution in [0.5, 0.6) is 5.75 Å². The largest absolute Gasteiger partial charge is 0.475 e. The second-order valence-electron chi connectivity index (χ2n) is 4.48. The van der Waals surface area contributed by atoms with Gasteiger partial charge in [-0.05, 0) is 31.2 Å². The van der Waals surface area contributed by atoms with Crippen LogP contribution in [0.1, 0.15) is 17.3 Å². The van der Waals surface area contributed by atoms with Crippen molar-refractivity contribution in [3.63, 3.8) is 0 Å².